The average molecular weight is 333 g/mol. The minimum atomic E-state index is 0.120. The second-order valence-electron chi connectivity index (χ2n) is 7.53. The molecular formula is C18H27N3O3. The minimum Gasteiger partial charge on any atom is -0.468 e. The zero-order valence-electron chi connectivity index (χ0n) is 14.3. The van der Waals surface area contributed by atoms with Crippen molar-refractivity contribution < 1.29 is 13.9 Å². The number of hydrogen-bond donors (Lipinski definition) is 1. The van der Waals surface area contributed by atoms with Crippen LogP contribution in [0.3, 0.4) is 0 Å². The highest BCUT2D eigenvalue weighted by molar-refractivity contribution is 5.75. The highest BCUT2D eigenvalue weighted by atomic mass is 16.5. The molecule has 2 amide bonds. The average Bonchev–Trinajstić information content (AvgIpc) is 3.07. The van der Waals surface area contributed by atoms with Gasteiger partial charge in [0, 0.05) is 31.6 Å². The van der Waals surface area contributed by atoms with Gasteiger partial charge in [0.25, 0.3) is 0 Å². The van der Waals surface area contributed by atoms with Gasteiger partial charge >= 0.3 is 6.03 Å². The van der Waals surface area contributed by atoms with Gasteiger partial charge in [0.2, 0.25) is 0 Å². The number of carbonyl (C=O) groups excluding carboxylic acids is 1. The largest absolute Gasteiger partial charge is 0.468 e. The van der Waals surface area contributed by atoms with Crippen molar-refractivity contribution in [3.8, 4) is 0 Å². The number of fused-ring (bicyclic) bond motifs is 1. The van der Waals surface area contributed by atoms with Crippen molar-refractivity contribution in [1.82, 2.24) is 15.1 Å². The second-order valence-corrected chi connectivity index (χ2v) is 7.53. The lowest BCUT2D eigenvalue weighted by atomic mass is 9.84. The van der Waals surface area contributed by atoms with Gasteiger partial charge < -0.3 is 19.4 Å². The van der Waals surface area contributed by atoms with Gasteiger partial charge in [-0.2, -0.15) is 0 Å². The van der Waals surface area contributed by atoms with Gasteiger partial charge in [0.1, 0.15) is 5.76 Å². The van der Waals surface area contributed by atoms with E-state index in [0.29, 0.717) is 17.9 Å². The Morgan fingerprint density at radius 2 is 2.29 bits per heavy atom. The molecule has 3 aliphatic rings. The van der Waals surface area contributed by atoms with Gasteiger partial charge in [0.05, 0.1) is 25.5 Å². The molecule has 3 heterocycles. The highest BCUT2D eigenvalue weighted by Gasteiger charge is 2.42. The predicted octanol–water partition coefficient (Wildman–Crippen LogP) is 1.92. The fraction of sp³-hybridized carbons (Fsp3) is 0.722. The molecule has 24 heavy (non-hydrogen) atoms. The summed E-state index contributed by atoms with van der Waals surface area (Å²) in [7, 11) is 2.11. The molecule has 1 aromatic heterocycles. The van der Waals surface area contributed by atoms with Crippen LogP contribution in [-0.2, 0) is 11.3 Å². The highest BCUT2D eigenvalue weighted by Crippen LogP contribution is 2.35. The number of hydrogen-bond acceptors (Lipinski definition) is 4. The van der Waals surface area contributed by atoms with Crippen LogP contribution in [-0.4, -0.2) is 61.3 Å². The molecule has 0 unspecified atom stereocenters. The van der Waals surface area contributed by atoms with E-state index in [1.165, 1.54) is 0 Å². The Morgan fingerprint density at radius 1 is 1.42 bits per heavy atom. The molecule has 3 fully saturated rings. The van der Waals surface area contributed by atoms with Crippen molar-refractivity contribution in [2.75, 3.05) is 33.3 Å². The summed E-state index contributed by atoms with van der Waals surface area (Å²) in [6.07, 6.45) is 5.30. The van der Waals surface area contributed by atoms with E-state index in [9.17, 15) is 4.79 Å². The fourth-order valence-electron chi connectivity index (χ4n) is 3.99. The number of nitrogens with one attached hydrogen (secondary N) is 1. The molecule has 0 radical (unpaired) electrons. The summed E-state index contributed by atoms with van der Waals surface area (Å²) >= 11 is 0. The van der Waals surface area contributed by atoms with E-state index in [0.717, 1.165) is 57.8 Å². The summed E-state index contributed by atoms with van der Waals surface area (Å²) in [6.45, 7) is 4.18. The normalized spacial score (nSPS) is 29.8. The monoisotopic (exact) mass is 333 g/mol. The van der Waals surface area contributed by atoms with Crippen LogP contribution in [0, 0.1) is 11.8 Å². The van der Waals surface area contributed by atoms with Crippen molar-refractivity contribution in [3.05, 3.63) is 24.2 Å². The van der Waals surface area contributed by atoms with Crippen LogP contribution in [0.4, 0.5) is 4.79 Å². The first-order valence-corrected chi connectivity index (χ1v) is 9.07. The molecule has 0 spiro atoms. The summed E-state index contributed by atoms with van der Waals surface area (Å²) in [6, 6.07) is 4.48. The summed E-state index contributed by atoms with van der Waals surface area (Å²) in [5.41, 5.74) is 0. The number of piperidine rings is 1. The Hall–Kier alpha value is -1.53. The van der Waals surface area contributed by atoms with E-state index in [2.05, 4.69) is 17.3 Å². The van der Waals surface area contributed by atoms with Crippen molar-refractivity contribution >= 4 is 6.03 Å². The van der Waals surface area contributed by atoms with Crippen molar-refractivity contribution in [1.29, 1.82) is 0 Å². The molecule has 1 aromatic rings. The van der Waals surface area contributed by atoms with Crippen molar-refractivity contribution in [2.24, 2.45) is 11.8 Å². The fourth-order valence-corrected chi connectivity index (χ4v) is 3.99. The molecule has 132 valence electrons. The Labute approximate surface area is 143 Å². The van der Waals surface area contributed by atoms with Crippen LogP contribution >= 0.6 is 0 Å². The van der Waals surface area contributed by atoms with E-state index in [1.807, 2.05) is 17.0 Å². The number of amides is 2. The maximum atomic E-state index is 12.2. The van der Waals surface area contributed by atoms with Crippen LogP contribution < -0.4 is 5.32 Å². The van der Waals surface area contributed by atoms with Gasteiger partial charge in [-0.1, -0.05) is 0 Å². The number of rotatable bonds is 5. The van der Waals surface area contributed by atoms with E-state index in [-0.39, 0.29) is 12.1 Å². The van der Waals surface area contributed by atoms with Crippen LogP contribution in [0.5, 0.6) is 0 Å². The molecule has 0 bridgehead atoms. The maximum Gasteiger partial charge on any atom is 0.317 e. The Kier molecular flexibility index (Phi) is 4.50. The summed E-state index contributed by atoms with van der Waals surface area (Å²) < 4.78 is 11.5. The predicted molar refractivity (Wildman–Crippen MR) is 89.5 cm³/mol. The molecule has 4 rings (SSSR count). The first-order valence-electron chi connectivity index (χ1n) is 9.07. The number of nitrogens with zero attached hydrogens (tertiary/aromatic N) is 2. The van der Waals surface area contributed by atoms with Crippen molar-refractivity contribution in [3.63, 3.8) is 0 Å². The van der Waals surface area contributed by atoms with Gasteiger partial charge in [-0.05, 0) is 44.4 Å². The van der Waals surface area contributed by atoms with E-state index in [4.69, 9.17) is 9.15 Å². The van der Waals surface area contributed by atoms with Gasteiger partial charge in [0.15, 0.2) is 0 Å². The third kappa shape index (κ3) is 3.59. The van der Waals surface area contributed by atoms with E-state index >= 15 is 0 Å². The molecule has 1 N–H and O–H groups in total. The number of likely N-dealkylation sites (N-methyl/N-ethyl adjacent to an activating group) is 1. The number of carbonyl (C=O) groups is 1. The molecule has 6 nitrogen and oxygen atoms in total. The number of urea groups is 1. The van der Waals surface area contributed by atoms with Gasteiger partial charge in [-0.25, -0.2) is 4.79 Å². The SMILES string of the molecule is CN(Cc1ccco1)C[C@@H]1OC[C@H]2CN(C(=O)NC3CC3)CC[C@H]21. The number of ether oxygens (including phenoxy) is 1. The lowest BCUT2D eigenvalue weighted by Crippen LogP contribution is -2.49. The molecule has 2 saturated heterocycles. The summed E-state index contributed by atoms with van der Waals surface area (Å²) in [4.78, 5) is 16.5. The minimum absolute atomic E-state index is 0.120. The third-order valence-corrected chi connectivity index (χ3v) is 5.48. The zero-order valence-corrected chi connectivity index (χ0v) is 14.3. The molecular weight excluding hydrogens is 306 g/mol. The van der Waals surface area contributed by atoms with Crippen LogP contribution in [0.2, 0.25) is 0 Å². The summed E-state index contributed by atoms with van der Waals surface area (Å²) in [5.74, 6) is 2.03. The molecule has 2 aliphatic heterocycles. The quantitative estimate of drug-likeness (QED) is 0.894. The van der Waals surface area contributed by atoms with Crippen LogP contribution in [0.1, 0.15) is 25.0 Å². The van der Waals surface area contributed by atoms with Gasteiger partial charge in [-0.3, -0.25) is 4.90 Å². The molecule has 3 atom stereocenters. The molecule has 1 saturated carbocycles. The second kappa shape index (κ2) is 6.76. The Balaban J connectivity index is 1.27. The molecule has 1 aliphatic carbocycles. The zero-order chi connectivity index (χ0) is 16.5. The van der Waals surface area contributed by atoms with E-state index < -0.39 is 0 Å². The molecule has 0 aromatic carbocycles. The lowest BCUT2D eigenvalue weighted by molar-refractivity contribution is 0.0547. The third-order valence-electron chi connectivity index (χ3n) is 5.48. The molecule has 6 heteroatoms. The van der Waals surface area contributed by atoms with Crippen LogP contribution in [0.15, 0.2) is 22.8 Å². The first kappa shape index (κ1) is 16.0. The number of likely N-dealkylation sites (tertiary alicyclic amines) is 1. The smallest absolute Gasteiger partial charge is 0.317 e. The summed E-state index contributed by atoms with van der Waals surface area (Å²) in [5, 5.41) is 3.10. The van der Waals surface area contributed by atoms with Gasteiger partial charge in [-0.15, -0.1) is 0 Å². The topological polar surface area (TPSA) is 58.0 Å². The Bertz CT molecular complexity index is 558. The maximum absolute atomic E-state index is 12.2. The van der Waals surface area contributed by atoms with E-state index in [1.54, 1.807) is 6.26 Å². The number of furan rings is 1. The van der Waals surface area contributed by atoms with Crippen LogP contribution in [0.25, 0.3) is 0 Å². The van der Waals surface area contributed by atoms with Crippen molar-refractivity contribution in [2.45, 2.75) is 38.0 Å². The lowest BCUT2D eigenvalue weighted by Gasteiger charge is -2.36. The standard InChI is InChI=1S/C18H27N3O3/c1-20(10-15-3-2-8-23-15)11-17-16-6-7-21(9-13(16)12-24-17)18(22)19-14-4-5-14/h2-3,8,13-14,16-17H,4-7,9-12H2,1H3,(H,19,22)/t13-,16-,17+/m1/s1. The first-order chi connectivity index (χ1) is 11.7. The Morgan fingerprint density at radius 3 is 3.04 bits per heavy atom.